The Bertz CT molecular complexity index is 1280. The van der Waals surface area contributed by atoms with E-state index in [0.29, 0.717) is 0 Å². The van der Waals surface area contributed by atoms with Crippen molar-refractivity contribution in [2.45, 2.75) is 107 Å². The van der Waals surface area contributed by atoms with Gasteiger partial charge in [0.1, 0.15) is 60.8 Å². The number of carbonyl (C=O) groups is 7. The van der Waals surface area contributed by atoms with Crippen LogP contribution in [-0.2, 0) is 42.9 Å². The SMILES string of the molecule is CC(=O)N[C@H]1[C@@H](OC(=O)NCC[C@@H](NC(=O)[C@@H](CCNC(=O)O[C@H]2O[C@H](CO)[C@@H](O)[C@H](O)[C@H]2NC(C)=O)NC(C)=O)C(N)=O)O[C@H](CO)[C@@H](O)[C@@H]1O. The molecule has 52 heavy (non-hydrogen) atoms. The Balaban J connectivity index is 1.95. The quantitative estimate of drug-likeness (QED) is 0.0696. The second-order valence-corrected chi connectivity index (χ2v) is 11.8. The van der Waals surface area contributed by atoms with Gasteiger partial charge >= 0.3 is 12.2 Å². The van der Waals surface area contributed by atoms with E-state index in [1.807, 2.05) is 0 Å². The van der Waals surface area contributed by atoms with Crippen LogP contribution in [0.3, 0.4) is 0 Å². The van der Waals surface area contributed by atoms with E-state index in [0.717, 1.165) is 20.8 Å². The zero-order valence-corrected chi connectivity index (χ0v) is 28.4. The number of aliphatic hydroxyl groups is 6. The highest BCUT2D eigenvalue weighted by atomic mass is 16.7. The van der Waals surface area contributed by atoms with Gasteiger partial charge in [0.05, 0.1) is 13.2 Å². The molecule has 2 aliphatic heterocycles. The highest BCUT2D eigenvalue weighted by molar-refractivity contribution is 5.91. The van der Waals surface area contributed by atoms with Crippen LogP contribution < -0.4 is 37.6 Å². The molecule has 0 aliphatic carbocycles. The maximum atomic E-state index is 13.0. The molecule has 0 aromatic carbocycles. The van der Waals surface area contributed by atoms with Gasteiger partial charge in [-0.1, -0.05) is 0 Å². The van der Waals surface area contributed by atoms with Crippen LogP contribution in [-0.4, -0.2) is 172 Å². The standard InChI is InChI=1S/C28H47N7O17/c1-10(38)32-14(5-7-31-28(48)52-26-18(34-12(3)40)22(44)20(42)16(9-37)50-26)24(46)35-13(23(29)45)4-6-30-27(47)51-25-17(33-11(2)39)21(43)19(41)15(8-36)49-25/h13-22,25-26,36-37,41-44H,4-9H2,1-3H3,(H2,29,45)(H,30,47)(H,31,48)(H,32,38)(H,33,39)(H,34,40)(H,35,46)/t13-,14-,15-,16-,17-,18-,19-,20-,21-,22-,25-,26-/m1/s1. The Kier molecular flexibility index (Phi) is 17.3. The van der Waals surface area contributed by atoms with Crippen molar-refractivity contribution in [3.8, 4) is 0 Å². The van der Waals surface area contributed by atoms with E-state index in [4.69, 9.17) is 24.7 Å². The van der Waals surface area contributed by atoms with Gasteiger partial charge in [0, 0.05) is 33.9 Å². The highest BCUT2D eigenvalue weighted by Gasteiger charge is 2.48. The topological polar surface area (TPSA) is 376 Å². The van der Waals surface area contributed by atoms with Crippen molar-refractivity contribution in [2.75, 3.05) is 26.3 Å². The van der Waals surface area contributed by atoms with E-state index in [1.165, 1.54) is 0 Å². The number of primary amides is 1. The molecule has 2 rings (SSSR count). The summed E-state index contributed by atoms with van der Waals surface area (Å²) >= 11 is 0. The Morgan fingerprint density at radius 3 is 1.38 bits per heavy atom. The number of nitrogens with one attached hydrogen (secondary N) is 6. The van der Waals surface area contributed by atoms with E-state index in [-0.39, 0.29) is 25.9 Å². The Morgan fingerprint density at radius 1 is 0.635 bits per heavy atom. The highest BCUT2D eigenvalue weighted by Crippen LogP contribution is 2.23. The molecule has 0 radical (unpaired) electrons. The molecule has 0 bridgehead atoms. The zero-order chi connectivity index (χ0) is 39.3. The number of hydrogen-bond donors (Lipinski definition) is 13. The van der Waals surface area contributed by atoms with E-state index in [1.54, 1.807) is 0 Å². The Labute approximate surface area is 296 Å². The predicted octanol–water partition coefficient (Wildman–Crippen LogP) is -7.42. The lowest BCUT2D eigenvalue weighted by molar-refractivity contribution is -0.252. The largest absolute Gasteiger partial charge is 0.417 e. The lowest BCUT2D eigenvalue weighted by atomic mass is 9.97. The molecule has 2 saturated heterocycles. The van der Waals surface area contributed by atoms with Crippen LogP contribution in [0.15, 0.2) is 0 Å². The number of nitrogens with two attached hydrogens (primary N) is 1. The molecule has 0 aromatic rings. The summed E-state index contributed by atoms with van der Waals surface area (Å²) in [7, 11) is 0. The number of aliphatic hydroxyl groups excluding tert-OH is 6. The van der Waals surface area contributed by atoms with Gasteiger partial charge in [-0.05, 0) is 12.8 Å². The fourth-order valence-electron chi connectivity index (χ4n) is 5.15. The van der Waals surface area contributed by atoms with E-state index in [9.17, 15) is 64.2 Å². The molecular weight excluding hydrogens is 706 g/mol. The van der Waals surface area contributed by atoms with Gasteiger partial charge in [-0.25, -0.2) is 9.59 Å². The van der Waals surface area contributed by atoms with E-state index < -0.39 is 128 Å². The summed E-state index contributed by atoms with van der Waals surface area (Å²) in [6.45, 7) is 1.10. The zero-order valence-electron chi connectivity index (χ0n) is 28.4. The minimum absolute atomic E-state index is 0.274. The summed E-state index contributed by atoms with van der Waals surface area (Å²) in [6, 6.07) is -5.58. The second-order valence-electron chi connectivity index (χ2n) is 11.8. The maximum absolute atomic E-state index is 13.0. The Morgan fingerprint density at radius 2 is 1.04 bits per heavy atom. The van der Waals surface area contributed by atoms with Crippen LogP contribution in [0.1, 0.15) is 33.6 Å². The fraction of sp³-hybridized carbons (Fsp3) is 0.750. The molecule has 2 aliphatic rings. The second kappa shape index (κ2) is 20.6. The minimum atomic E-state index is -1.68. The van der Waals surface area contributed by atoms with E-state index in [2.05, 4.69) is 31.9 Å². The summed E-state index contributed by atoms with van der Waals surface area (Å²) < 4.78 is 20.8. The summed E-state index contributed by atoms with van der Waals surface area (Å²) in [5.41, 5.74) is 5.40. The van der Waals surface area contributed by atoms with Crippen molar-refractivity contribution in [3.05, 3.63) is 0 Å². The molecule has 0 aromatic heterocycles. The number of rotatable bonds is 16. The first-order valence-corrected chi connectivity index (χ1v) is 15.9. The summed E-state index contributed by atoms with van der Waals surface area (Å²) in [6.07, 6.45) is -15.6. The van der Waals surface area contributed by atoms with E-state index >= 15 is 0 Å². The van der Waals surface area contributed by atoms with Gasteiger partial charge in [0.15, 0.2) is 0 Å². The number of carbonyl (C=O) groups excluding carboxylic acids is 7. The minimum Gasteiger partial charge on any atom is -0.417 e. The van der Waals surface area contributed by atoms with Crippen LogP contribution >= 0.6 is 0 Å². The normalized spacial score (nSPS) is 29.6. The van der Waals surface area contributed by atoms with Crippen molar-refractivity contribution in [1.82, 2.24) is 31.9 Å². The molecule has 2 fully saturated rings. The first-order chi connectivity index (χ1) is 24.4. The molecule has 0 saturated carbocycles. The maximum Gasteiger partial charge on any atom is 0.409 e. The van der Waals surface area contributed by atoms with Crippen LogP contribution in [0.25, 0.3) is 0 Å². The third-order valence-electron chi connectivity index (χ3n) is 7.71. The molecule has 296 valence electrons. The third kappa shape index (κ3) is 13.0. The first-order valence-electron chi connectivity index (χ1n) is 15.9. The fourth-order valence-corrected chi connectivity index (χ4v) is 5.15. The molecule has 24 nitrogen and oxygen atoms in total. The lowest BCUT2D eigenvalue weighted by Gasteiger charge is -2.41. The summed E-state index contributed by atoms with van der Waals surface area (Å²) in [5.74, 6) is -3.93. The smallest absolute Gasteiger partial charge is 0.409 e. The van der Waals surface area contributed by atoms with Crippen molar-refractivity contribution in [1.29, 1.82) is 0 Å². The predicted molar refractivity (Wildman–Crippen MR) is 168 cm³/mol. The third-order valence-corrected chi connectivity index (χ3v) is 7.71. The van der Waals surface area contributed by atoms with Gasteiger partial charge in [0.25, 0.3) is 0 Å². The molecule has 12 atom stereocenters. The lowest BCUT2D eigenvalue weighted by Crippen LogP contribution is -2.65. The molecule has 0 spiro atoms. The first kappa shape index (κ1) is 43.7. The van der Waals surface area contributed by atoms with Gasteiger partial charge in [-0.3, -0.25) is 24.0 Å². The van der Waals surface area contributed by atoms with Crippen molar-refractivity contribution < 1.29 is 83.1 Å². The van der Waals surface area contributed by atoms with Crippen LogP contribution in [0.5, 0.6) is 0 Å². The van der Waals surface area contributed by atoms with Crippen molar-refractivity contribution in [2.24, 2.45) is 5.73 Å². The molecule has 0 unspecified atom stereocenters. The number of ether oxygens (including phenoxy) is 4. The number of hydrogen-bond acceptors (Lipinski definition) is 17. The van der Waals surface area contributed by atoms with Crippen LogP contribution in [0, 0.1) is 0 Å². The molecule has 7 amide bonds. The Hall–Kier alpha value is -4.43. The van der Waals surface area contributed by atoms with Gasteiger partial charge < -0.3 is 87.2 Å². The van der Waals surface area contributed by atoms with Crippen LogP contribution in [0.2, 0.25) is 0 Å². The molecular formula is C28H47N7O17. The molecule has 14 N–H and O–H groups in total. The summed E-state index contributed by atoms with van der Waals surface area (Å²) in [5, 5.41) is 73.4. The number of alkyl carbamates (subject to hydrolysis) is 2. The average Bonchev–Trinajstić information content (AvgIpc) is 3.06. The average molecular weight is 754 g/mol. The van der Waals surface area contributed by atoms with Gasteiger partial charge in [-0.15, -0.1) is 0 Å². The monoisotopic (exact) mass is 753 g/mol. The molecule has 2 heterocycles. The summed E-state index contributed by atoms with van der Waals surface area (Å²) in [4.78, 5) is 85.0. The number of amides is 7. The molecule has 24 heteroatoms. The van der Waals surface area contributed by atoms with Crippen LogP contribution in [0.4, 0.5) is 9.59 Å². The van der Waals surface area contributed by atoms with Crippen molar-refractivity contribution >= 4 is 41.7 Å². The van der Waals surface area contributed by atoms with Gasteiger partial charge in [0.2, 0.25) is 42.1 Å². The van der Waals surface area contributed by atoms with Gasteiger partial charge in [-0.2, -0.15) is 0 Å². The van der Waals surface area contributed by atoms with Crippen molar-refractivity contribution in [3.63, 3.8) is 0 Å².